The van der Waals surface area contributed by atoms with Gasteiger partial charge in [0.25, 0.3) is 0 Å². The van der Waals surface area contributed by atoms with Gasteiger partial charge in [0.15, 0.2) is 5.58 Å². The van der Waals surface area contributed by atoms with Crippen LogP contribution in [0.4, 0.5) is 17.1 Å². The van der Waals surface area contributed by atoms with Crippen LogP contribution in [0.5, 0.6) is 0 Å². The topological polar surface area (TPSA) is 25.2 Å². The molecule has 0 aliphatic rings. The molecule has 0 bridgehead atoms. The Morgan fingerprint density at radius 3 is 1.71 bits per heavy atom. The molecule has 0 unspecified atom stereocenters. The van der Waals surface area contributed by atoms with E-state index in [9.17, 15) is 0 Å². The maximum atomic E-state index is 6.91. The normalized spacial score (nSPS) is 12.2. The number of hydrogen-bond acceptors (Lipinski definition) is 2. The molecule has 0 atom stereocenters. The summed E-state index contributed by atoms with van der Waals surface area (Å²) in [5.41, 5.74) is 14.6. The molecule has 52 heavy (non-hydrogen) atoms. The van der Waals surface area contributed by atoms with Crippen molar-refractivity contribution >= 4 is 93.6 Å². The van der Waals surface area contributed by atoms with E-state index in [0.717, 1.165) is 44.5 Å². The summed E-state index contributed by atoms with van der Waals surface area (Å²) >= 11 is 0. The number of hydrogen-bond donors (Lipinski definition) is 0. The van der Waals surface area contributed by atoms with Gasteiger partial charge >= 0.3 is 0 Å². The molecule has 0 aliphatic heterocycles. The highest BCUT2D eigenvalue weighted by molar-refractivity contribution is 6.26. The van der Waals surface area contributed by atoms with Gasteiger partial charge in [-0.15, -0.1) is 0 Å². The molecule has 0 N–H and O–H groups in total. The van der Waals surface area contributed by atoms with Gasteiger partial charge in [-0.2, -0.15) is 0 Å². The molecule has 12 rings (SSSR count). The largest absolute Gasteiger partial charge is 0.454 e. The highest BCUT2D eigenvalue weighted by Gasteiger charge is 2.24. The van der Waals surface area contributed by atoms with E-state index in [1.165, 1.54) is 60.3 Å². The minimum atomic E-state index is 0.875. The second kappa shape index (κ2) is 10.3. The van der Waals surface area contributed by atoms with Gasteiger partial charge in [0.1, 0.15) is 5.58 Å². The van der Waals surface area contributed by atoms with E-state index >= 15 is 0 Å². The SMILES string of the molecule is c1ccc(-c2ccc(N(c3ccccc3)c3ccc4oc5c(ccc6c7cccc8c7n(c7cccc9c%10ccccc%10n8c97)c65)c4c3)cc2)cc1. The van der Waals surface area contributed by atoms with Crippen molar-refractivity contribution in [2.75, 3.05) is 4.90 Å². The summed E-state index contributed by atoms with van der Waals surface area (Å²) in [4.78, 5) is 2.33. The van der Waals surface area contributed by atoms with Crippen molar-refractivity contribution in [2.24, 2.45) is 0 Å². The minimum Gasteiger partial charge on any atom is -0.454 e. The van der Waals surface area contributed by atoms with E-state index in [4.69, 9.17) is 4.42 Å². The van der Waals surface area contributed by atoms with Crippen LogP contribution in [0.25, 0.3) is 87.7 Å². The lowest BCUT2D eigenvalue weighted by molar-refractivity contribution is 0.671. The third kappa shape index (κ3) is 3.65. The second-order valence-corrected chi connectivity index (χ2v) is 13.7. The number of rotatable bonds is 4. The average Bonchev–Trinajstić information content (AvgIpc) is 3.87. The highest BCUT2D eigenvalue weighted by Crippen LogP contribution is 2.45. The molecule has 4 aromatic heterocycles. The van der Waals surface area contributed by atoms with Gasteiger partial charge in [0.05, 0.1) is 33.1 Å². The smallest absolute Gasteiger partial charge is 0.160 e. The molecular weight excluding hydrogens is 635 g/mol. The predicted molar refractivity (Wildman–Crippen MR) is 217 cm³/mol. The number of benzene rings is 8. The van der Waals surface area contributed by atoms with Crippen LogP contribution >= 0.6 is 0 Å². The molecule has 242 valence electrons. The second-order valence-electron chi connectivity index (χ2n) is 13.7. The van der Waals surface area contributed by atoms with Gasteiger partial charge in [-0.1, -0.05) is 109 Å². The monoisotopic (exact) mass is 663 g/mol. The lowest BCUT2D eigenvalue weighted by Crippen LogP contribution is -2.09. The molecule has 12 aromatic rings. The molecule has 4 heterocycles. The molecule has 0 aliphatic carbocycles. The number of nitrogens with zero attached hydrogens (tertiary/aromatic N) is 3. The molecule has 4 heteroatoms. The molecule has 0 amide bonds. The number of furan rings is 1. The summed E-state index contributed by atoms with van der Waals surface area (Å²) in [5.74, 6) is 0. The molecule has 0 spiro atoms. The van der Waals surface area contributed by atoms with Crippen LogP contribution in [0, 0.1) is 0 Å². The molecule has 4 nitrogen and oxygen atoms in total. The highest BCUT2D eigenvalue weighted by atomic mass is 16.3. The quantitative estimate of drug-likeness (QED) is 0.175. The van der Waals surface area contributed by atoms with Crippen molar-refractivity contribution in [1.29, 1.82) is 0 Å². The van der Waals surface area contributed by atoms with Crippen molar-refractivity contribution in [1.82, 2.24) is 8.80 Å². The van der Waals surface area contributed by atoms with E-state index in [2.05, 4.69) is 190 Å². The summed E-state index contributed by atoms with van der Waals surface area (Å²) in [6.07, 6.45) is 0. The zero-order valence-corrected chi connectivity index (χ0v) is 28.0. The molecule has 0 fully saturated rings. The van der Waals surface area contributed by atoms with Gasteiger partial charge in [-0.3, -0.25) is 0 Å². The fourth-order valence-corrected chi connectivity index (χ4v) is 8.80. The fourth-order valence-electron chi connectivity index (χ4n) is 8.80. The number of anilines is 3. The van der Waals surface area contributed by atoms with E-state index in [-0.39, 0.29) is 0 Å². The van der Waals surface area contributed by atoms with Crippen molar-refractivity contribution < 1.29 is 4.42 Å². The maximum Gasteiger partial charge on any atom is 0.160 e. The van der Waals surface area contributed by atoms with Gasteiger partial charge in [-0.25, -0.2) is 0 Å². The van der Waals surface area contributed by atoms with Crippen molar-refractivity contribution in [3.8, 4) is 11.1 Å². The molecular formula is C48H29N3O. The number of fused-ring (bicyclic) bond motifs is 12. The Bertz CT molecular complexity index is 3330. The van der Waals surface area contributed by atoms with Crippen molar-refractivity contribution in [2.45, 2.75) is 0 Å². The van der Waals surface area contributed by atoms with Crippen molar-refractivity contribution in [3.63, 3.8) is 0 Å². The minimum absolute atomic E-state index is 0.875. The van der Waals surface area contributed by atoms with Crippen LogP contribution in [0.15, 0.2) is 180 Å². The number of para-hydroxylation sites is 4. The predicted octanol–water partition coefficient (Wildman–Crippen LogP) is 13.3. The molecule has 0 saturated carbocycles. The first-order chi connectivity index (χ1) is 25.8. The Hall–Kier alpha value is -7.04. The summed E-state index contributed by atoms with van der Waals surface area (Å²) in [6, 6.07) is 63.3. The van der Waals surface area contributed by atoms with Crippen molar-refractivity contribution in [3.05, 3.63) is 176 Å². The van der Waals surface area contributed by atoms with Crippen LogP contribution in [-0.2, 0) is 0 Å². The Kier molecular flexibility index (Phi) is 5.47. The standard InChI is InChI=1S/C48H29N3O/c1-3-11-30(12-4-1)31-21-23-33(24-22-31)49(32-13-5-2-6-14-32)34-25-28-44-40(29-34)39-27-26-38-37-17-10-19-42-46(37)51(47(38)48(39)52-44)43-20-9-16-36-35-15-7-8-18-41(35)50(42)45(36)43/h1-29H. The Morgan fingerprint density at radius 1 is 0.346 bits per heavy atom. The molecule has 8 aromatic carbocycles. The van der Waals surface area contributed by atoms with E-state index in [1.54, 1.807) is 0 Å². The summed E-state index contributed by atoms with van der Waals surface area (Å²) in [6.45, 7) is 0. The lowest BCUT2D eigenvalue weighted by atomic mass is 10.0. The molecule has 0 radical (unpaired) electrons. The van der Waals surface area contributed by atoms with Crippen LogP contribution in [0.2, 0.25) is 0 Å². The third-order valence-corrected chi connectivity index (χ3v) is 11.0. The van der Waals surface area contributed by atoms with E-state index in [1.807, 2.05) is 0 Å². The summed E-state index contributed by atoms with van der Waals surface area (Å²) in [5, 5.41) is 7.15. The zero-order chi connectivity index (χ0) is 33.9. The van der Waals surface area contributed by atoms with Gasteiger partial charge in [0, 0.05) is 49.4 Å². The van der Waals surface area contributed by atoms with E-state index in [0.29, 0.717) is 0 Å². The van der Waals surface area contributed by atoms with Crippen LogP contribution in [0.1, 0.15) is 0 Å². The zero-order valence-electron chi connectivity index (χ0n) is 28.0. The average molecular weight is 664 g/mol. The summed E-state index contributed by atoms with van der Waals surface area (Å²) in [7, 11) is 0. The first-order valence-corrected chi connectivity index (χ1v) is 17.8. The van der Waals surface area contributed by atoms with Gasteiger partial charge in [0.2, 0.25) is 0 Å². The Balaban J connectivity index is 1.12. The van der Waals surface area contributed by atoms with Crippen LogP contribution in [-0.4, -0.2) is 8.80 Å². The lowest BCUT2D eigenvalue weighted by Gasteiger charge is -2.25. The fraction of sp³-hybridized carbons (Fsp3) is 0. The van der Waals surface area contributed by atoms with Crippen LogP contribution in [0.3, 0.4) is 0 Å². The maximum absolute atomic E-state index is 6.91. The first-order valence-electron chi connectivity index (χ1n) is 17.8. The Morgan fingerprint density at radius 2 is 0.904 bits per heavy atom. The molecule has 0 saturated heterocycles. The summed E-state index contributed by atoms with van der Waals surface area (Å²) < 4.78 is 11.8. The van der Waals surface area contributed by atoms with Gasteiger partial charge < -0.3 is 18.1 Å². The van der Waals surface area contributed by atoms with E-state index < -0.39 is 0 Å². The Labute approximate surface area is 297 Å². The van der Waals surface area contributed by atoms with Gasteiger partial charge in [-0.05, 0) is 77.9 Å². The first kappa shape index (κ1) is 27.7. The third-order valence-electron chi connectivity index (χ3n) is 11.0. The van der Waals surface area contributed by atoms with Crippen LogP contribution < -0.4 is 4.90 Å². The number of aromatic nitrogens is 2.